The quantitative estimate of drug-likeness (QED) is 0.714. The molecule has 0 spiro atoms. The van der Waals surface area contributed by atoms with Gasteiger partial charge in [-0.05, 0) is 38.0 Å². The number of furan rings is 1. The zero-order chi connectivity index (χ0) is 17.8. The van der Waals surface area contributed by atoms with Crippen LogP contribution in [0.2, 0.25) is 0 Å². The molecule has 7 nitrogen and oxygen atoms in total. The number of nitrogens with zero attached hydrogens (tertiary/aromatic N) is 2. The first-order valence-electron chi connectivity index (χ1n) is 7.82. The second kappa shape index (κ2) is 7.12. The summed E-state index contributed by atoms with van der Waals surface area (Å²) < 4.78 is 5.50. The van der Waals surface area contributed by atoms with Crippen LogP contribution in [0, 0.1) is 6.92 Å². The van der Waals surface area contributed by atoms with Gasteiger partial charge < -0.3 is 14.8 Å². The highest BCUT2D eigenvalue weighted by Gasteiger charge is 2.22. The molecule has 0 aliphatic carbocycles. The van der Waals surface area contributed by atoms with Crippen LogP contribution in [0.3, 0.4) is 0 Å². The molecule has 128 valence electrons. The van der Waals surface area contributed by atoms with Crippen LogP contribution in [0.4, 0.5) is 0 Å². The number of hydrogen-bond donors (Lipinski definition) is 2. The molecule has 1 amide bonds. The van der Waals surface area contributed by atoms with Crippen LogP contribution in [-0.4, -0.2) is 33.0 Å². The van der Waals surface area contributed by atoms with E-state index in [1.807, 2.05) is 0 Å². The van der Waals surface area contributed by atoms with Crippen molar-refractivity contribution in [1.29, 1.82) is 0 Å². The highest BCUT2D eigenvalue weighted by atomic mass is 16.4. The Kier molecular flexibility index (Phi) is 4.74. The number of fused-ring (bicyclic) bond motifs is 1. The number of amides is 1. The van der Waals surface area contributed by atoms with Gasteiger partial charge >= 0.3 is 5.97 Å². The maximum absolute atomic E-state index is 12.6. The van der Waals surface area contributed by atoms with Gasteiger partial charge in [0.05, 0.1) is 11.3 Å². The average molecular weight is 339 g/mol. The molecule has 0 aliphatic rings. The summed E-state index contributed by atoms with van der Waals surface area (Å²) in [5, 5.41) is 12.6. The maximum Gasteiger partial charge on any atom is 0.326 e. The highest BCUT2D eigenvalue weighted by molar-refractivity contribution is 6.07. The standard InChI is InChI=1S/C18H17N3O4/c1-11-9-14-13(3-2-4-16(14)25-11)17(22)21-15(18(23)24)6-5-12-10-19-7-8-20-12/h2-4,7-10,15H,5-6H2,1H3,(H,21,22)(H,23,24). The van der Waals surface area contributed by atoms with Crippen LogP contribution in [0.1, 0.15) is 28.2 Å². The van der Waals surface area contributed by atoms with Crippen molar-refractivity contribution in [3.05, 3.63) is 59.9 Å². The third-order valence-corrected chi connectivity index (χ3v) is 3.84. The van der Waals surface area contributed by atoms with Crippen LogP contribution >= 0.6 is 0 Å². The third-order valence-electron chi connectivity index (χ3n) is 3.84. The first-order valence-corrected chi connectivity index (χ1v) is 7.82. The van der Waals surface area contributed by atoms with Crippen LogP contribution < -0.4 is 5.32 Å². The van der Waals surface area contributed by atoms with E-state index in [1.165, 1.54) is 0 Å². The van der Waals surface area contributed by atoms with E-state index in [0.29, 0.717) is 34.4 Å². The van der Waals surface area contributed by atoms with E-state index in [0.717, 1.165) is 0 Å². The first kappa shape index (κ1) is 16.6. The Bertz CT molecular complexity index is 905. The second-order valence-corrected chi connectivity index (χ2v) is 5.67. The molecule has 0 bridgehead atoms. The predicted octanol–water partition coefficient (Wildman–Crippen LogP) is 2.35. The van der Waals surface area contributed by atoms with Crippen LogP contribution in [0.15, 0.2) is 47.3 Å². The molecule has 0 fully saturated rings. The van der Waals surface area contributed by atoms with Gasteiger partial charge in [0.2, 0.25) is 0 Å². The summed E-state index contributed by atoms with van der Waals surface area (Å²) in [7, 11) is 0. The lowest BCUT2D eigenvalue weighted by Crippen LogP contribution is -2.41. The number of carbonyl (C=O) groups excluding carboxylic acids is 1. The normalized spacial score (nSPS) is 12.0. The van der Waals surface area contributed by atoms with E-state index in [4.69, 9.17) is 4.42 Å². The van der Waals surface area contributed by atoms with Crippen molar-refractivity contribution >= 4 is 22.8 Å². The van der Waals surface area contributed by atoms with Gasteiger partial charge in [0.15, 0.2) is 0 Å². The van der Waals surface area contributed by atoms with Crippen molar-refractivity contribution in [2.75, 3.05) is 0 Å². The number of aliphatic carboxylic acids is 1. The Labute approximate surface area is 143 Å². The number of carboxylic acid groups (broad SMARTS) is 1. The molecule has 1 atom stereocenters. The molecule has 0 aliphatic heterocycles. The van der Waals surface area contributed by atoms with E-state index < -0.39 is 17.9 Å². The molecule has 7 heteroatoms. The van der Waals surface area contributed by atoms with Crippen molar-refractivity contribution < 1.29 is 19.1 Å². The van der Waals surface area contributed by atoms with E-state index in [9.17, 15) is 14.7 Å². The SMILES string of the molecule is Cc1cc2c(C(=O)NC(CCc3cnccn3)C(=O)O)cccc2o1. The molecule has 3 aromatic rings. The van der Waals surface area contributed by atoms with Gasteiger partial charge in [0.1, 0.15) is 17.4 Å². The van der Waals surface area contributed by atoms with Gasteiger partial charge in [-0.3, -0.25) is 14.8 Å². The maximum atomic E-state index is 12.6. The minimum atomic E-state index is -1.09. The lowest BCUT2D eigenvalue weighted by atomic mass is 10.1. The predicted molar refractivity (Wildman–Crippen MR) is 90.2 cm³/mol. The van der Waals surface area contributed by atoms with Crippen LogP contribution in [-0.2, 0) is 11.2 Å². The Morgan fingerprint density at radius 1 is 1.32 bits per heavy atom. The zero-order valence-electron chi connectivity index (χ0n) is 13.6. The lowest BCUT2D eigenvalue weighted by molar-refractivity contribution is -0.139. The Morgan fingerprint density at radius 3 is 2.88 bits per heavy atom. The third kappa shape index (κ3) is 3.82. The minimum Gasteiger partial charge on any atom is -0.480 e. The minimum absolute atomic E-state index is 0.222. The summed E-state index contributed by atoms with van der Waals surface area (Å²) in [5.74, 6) is -0.849. The average Bonchev–Trinajstić information content (AvgIpc) is 2.99. The number of aromatic nitrogens is 2. The van der Waals surface area contributed by atoms with E-state index in [-0.39, 0.29) is 6.42 Å². The topological polar surface area (TPSA) is 105 Å². The van der Waals surface area contributed by atoms with Crippen molar-refractivity contribution in [3.63, 3.8) is 0 Å². The van der Waals surface area contributed by atoms with Crippen LogP contribution in [0.25, 0.3) is 11.0 Å². The van der Waals surface area contributed by atoms with Crippen LogP contribution in [0.5, 0.6) is 0 Å². The number of hydrogen-bond acceptors (Lipinski definition) is 5. The molecule has 0 saturated heterocycles. The Hall–Kier alpha value is -3.22. The summed E-state index contributed by atoms with van der Waals surface area (Å²) in [6.45, 7) is 1.79. The number of aryl methyl sites for hydroxylation is 2. The molecule has 1 unspecified atom stereocenters. The van der Waals surface area contributed by atoms with Gasteiger partial charge in [-0.1, -0.05) is 6.07 Å². The summed E-state index contributed by atoms with van der Waals surface area (Å²) in [5.41, 5.74) is 1.66. The van der Waals surface area contributed by atoms with E-state index in [2.05, 4.69) is 15.3 Å². The summed E-state index contributed by atoms with van der Waals surface area (Å²) >= 11 is 0. The Morgan fingerprint density at radius 2 is 2.16 bits per heavy atom. The van der Waals surface area contributed by atoms with Crippen molar-refractivity contribution in [3.8, 4) is 0 Å². The highest BCUT2D eigenvalue weighted by Crippen LogP contribution is 2.22. The fourth-order valence-electron chi connectivity index (χ4n) is 2.63. The molecule has 0 radical (unpaired) electrons. The van der Waals surface area contributed by atoms with Crippen molar-refractivity contribution in [1.82, 2.24) is 15.3 Å². The fourth-order valence-corrected chi connectivity index (χ4v) is 2.63. The second-order valence-electron chi connectivity index (χ2n) is 5.67. The molecule has 2 N–H and O–H groups in total. The van der Waals surface area contributed by atoms with E-state index >= 15 is 0 Å². The molecule has 2 heterocycles. The summed E-state index contributed by atoms with van der Waals surface area (Å²) in [6, 6.07) is 5.86. The largest absolute Gasteiger partial charge is 0.480 e. The smallest absolute Gasteiger partial charge is 0.326 e. The lowest BCUT2D eigenvalue weighted by Gasteiger charge is -2.14. The van der Waals surface area contributed by atoms with Gasteiger partial charge in [-0.2, -0.15) is 0 Å². The van der Waals surface area contributed by atoms with E-state index in [1.54, 1.807) is 49.8 Å². The molecular formula is C18H17N3O4. The summed E-state index contributed by atoms with van der Waals surface area (Å²) in [6.07, 6.45) is 5.30. The Balaban J connectivity index is 1.75. The van der Waals surface area contributed by atoms with Gasteiger partial charge in [0.25, 0.3) is 5.91 Å². The van der Waals surface area contributed by atoms with Gasteiger partial charge in [0, 0.05) is 24.0 Å². The molecule has 3 rings (SSSR count). The first-order chi connectivity index (χ1) is 12.0. The molecular weight excluding hydrogens is 322 g/mol. The molecule has 25 heavy (non-hydrogen) atoms. The molecule has 2 aromatic heterocycles. The number of carbonyl (C=O) groups is 2. The van der Waals surface area contributed by atoms with Crippen molar-refractivity contribution in [2.24, 2.45) is 0 Å². The number of benzene rings is 1. The van der Waals surface area contributed by atoms with Gasteiger partial charge in [-0.15, -0.1) is 0 Å². The number of nitrogens with one attached hydrogen (secondary N) is 1. The summed E-state index contributed by atoms with van der Waals surface area (Å²) in [4.78, 5) is 32.1. The fraction of sp³-hybridized carbons (Fsp3) is 0.222. The number of carboxylic acids is 1. The monoisotopic (exact) mass is 339 g/mol. The molecule has 0 saturated carbocycles. The number of rotatable bonds is 6. The van der Waals surface area contributed by atoms with Crippen molar-refractivity contribution in [2.45, 2.75) is 25.8 Å². The zero-order valence-corrected chi connectivity index (χ0v) is 13.6. The molecule has 1 aromatic carbocycles. The van der Waals surface area contributed by atoms with Gasteiger partial charge in [-0.25, -0.2) is 4.79 Å².